The van der Waals surface area contributed by atoms with E-state index >= 15 is 0 Å². The van der Waals surface area contributed by atoms with E-state index in [9.17, 15) is 0 Å². The Bertz CT molecular complexity index is 878. The molecule has 0 fully saturated rings. The lowest BCUT2D eigenvalue weighted by Crippen LogP contribution is -2.07. The second-order valence-corrected chi connectivity index (χ2v) is 6.11. The summed E-state index contributed by atoms with van der Waals surface area (Å²) in [6.07, 6.45) is 0. The third-order valence-electron chi connectivity index (χ3n) is 4.07. The Labute approximate surface area is 148 Å². The van der Waals surface area contributed by atoms with E-state index in [1.165, 1.54) is 0 Å². The van der Waals surface area contributed by atoms with Gasteiger partial charge in [-0.3, -0.25) is 0 Å². The maximum absolute atomic E-state index is 5.51. The lowest BCUT2D eigenvalue weighted by molar-refractivity contribution is 0.352. The lowest BCUT2D eigenvalue weighted by Gasteiger charge is -2.15. The third kappa shape index (κ3) is 3.50. The smallest absolute Gasteiger partial charge is 0.165 e. The number of anilines is 1. The van der Waals surface area contributed by atoms with E-state index in [0.29, 0.717) is 6.54 Å². The molecule has 0 spiro atoms. The Morgan fingerprint density at radius 1 is 0.960 bits per heavy atom. The maximum Gasteiger partial charge on any atom is 0.165 e. The van der Waals surface area contributed by atoms with Crippen LogP contribution in [0.25, 0.3) is 10.9 Å². The fraction of sp³-hybridized carbons (Fsp3) is 0.300. The average Bonchev–Trinajstić information content (AvgIpc) is 2.65. The number of aromatic nitrogens is 2. The van der Waals surface area contributed by atoms with Crippen molar-refractivity contribution in [2.24, 2.45) is 0 Å². The predicted molar refractivity (Wildman–Crippen MR) is 100 cm³/mol. The molecule has 0 radical (unpaired) electrons. The highest BCUT2D eigenvalue weighted by molar-refractivity contribution is 5.89. The Hall–Kier alpha value is -2.82. The number of nitrogens with one attached hydrogen (secondary N) is 1. The van der Waals surface area contributed by atoms with E-state index in [1.807, 2.05) is 42.5 Å². The van der Waals surface area contributed by atoms with E-state index in [0.717, 1.165) is 39.6 Å². The zero-order chi connectivity index (χ0) is 17.8. The topological polar surface area (TPSA) is 56.3 Å². The molecule has 0 bridgehead atoms. The second kappa shape index (κ2) is 7.38. The van der Waals surface area contributed by atoms with Crippen LogP contribution >= 0.6 is 0 Å². The van der Waals surface area contributed by atoms with Gasteiger partial charge in [-0.15, -0.1) is 0 Å². The summed E-state index contributed by atoms with van der Waals surface area (Å²) in [4.78, 5) is 9.37. The first-order valence-electron chi connectivity index (χ1n) is 8.34. The van der Waals surface area contributed by atoms with Gasteiger partial charge in [-0.05, 0) is 18.2 Å². The van der Waals surface area contributed by atoms with Crippen molar-refractivity contribution in [3.63, 3.8) is 0 Å². The van der Waals surface area contributed by atoms with Gasteiger partial charge in [-0.1, -0.05) is 38.1 Å². The molecule has 0 saturated heterocycles. The number of rotatable bonds is 6. The fourth-order valence-corrected chi connectivity index (χ4v) is 2.76. The first-order valence-corrected chi connectivity index (χ1v) is 8.34. The van der Waals surface area contributed by atoms with E-state index in [2.05, 4.69) is 24.1 Å². The molecular formula is C20H23N3O2. The van der Waals surface area contributed by atoms with Crippen LogP contribution in [0, 0.1) is 0 Å². The van der Waals surface area contributed by atoms with Gasteiger partial charge in [0.2, 0.25) is 0 Å². The van der Waals surface area contributed by atoms with Crippen molar-refractivity contribution in [1.29, 1.82) is 0 Å². The number of fused-ring (bicyclic) bond motifs is 1. The molecule has 3 rings (SSSR count). The summed E-state index contributed by atoms with van der Waals surface area (Å²) in [5, 5.41) is 4.45. The molecule has 5 heteroatoms. The van der Waals surface area contributed by atoms with Crippen molar-refractivity contribution in [3.8, 4) is 11.5 Å². The normalized spacial score (nSPS) is 10.9. The average molecular weight is 337 g/mol. The van der Waals surface area contributed by atoms with Gasteiger partial charge in [-0.2, -0.15) is 0 Å². The molecule has 1 N–H and O–H groups in total. The summed E-state index contributed by atoms with van der Waals surface area (Å²) in [5.74, 6) is 3.38. The minimum Gasteiger partial charge on any atom is -0.493 e. The Morgan fingerprint density at radius 2 is 1.76 bits per heavy atom. The Kier molecular flexibility index (Phi) is 5.03. The molecule has 130 valence electrons. The molecule has 0 atom stereocenters. The second-order valence-electron chi connectivity index (χ2n) is 6.11. The summed E-state index contributed by atoms with van der Waals surface area (Å²) in [6.45, 7) is 4.77. The standard InChI is InChI=1S/C20H23N3O2/c1-13(2)19-22-16-10-6-5-9-15(16)20(23-19)21-12-14-8-7-11-17(24-3)18(14)25-4/h5-11,13H,12H2,1-4H3,(H,21,22,23). The molecule has 3 aromatic rings. The zero-order valence-corrected chi connectivity index (χ0v) is 15.0. The summed E-state index contributed by atoms with van der Waals surface area (Å²) in [7, 11) is 3.29. The van der Waals surface area contributed by atoms with Crippen LogP contribution in [0.15, 0.2) is 42.5 Å². The summed E-state index contributed by atoms with van der Waals surface area (Å²) in [5.41, 5.74) is 1.96. The Balaban J connectivity index is 1.96. The van der Waals surface area contributed by atoms with Crippen LogP contribution in [-0.4, -0.2) is 24.2 Å². The van der Waals surface area contributed by atoms with E-state index in [-0.39, 0.29) is 5.92 Å². The van der Waals surface area contributed by atoms with Gasteiger partial charge < -0.3 is 14.8 Å². The minimum absolute atomic E-state index is 0.261. The lowest BCUT2D eigenvalue weighted by atomic mass is 10.1. The van der Waals surface area contributed by atoms with Gasteiger partial charge in [0.25, 0.3) is 0 Å². The van der Waals surface area contributed by atoms with Crippen molar-refractivity contribution < 1.29 is 9.47 Å². The highest BCUT2D eigenvalue weighted by atomic mass is 16.5. The molecule has 0 aliphatic rings. The van der Waals surface area contributed by atoms with Crippen molar-refractivity contribution in [2.45, 2.75) is 26.3 Å². The largest absolute Gasteiger partial charge is 0.493 e. The highest BCUT2D eigenvalue weighted by Gasteiger charge is 2.12. The molecule has 0 aliphatic carbocycles. The van der Waals surface area contributed by atoms with E-state index in [4.69, 9.17) is 14.5 Å². The first kappa shape index (κ1) is 17.0. The number of ether oxygens (including phenoxy) is 2. The molecule has 0 saturated carbocycles. The van der Waals surface area contributed by atoms with Crippen LogP contribution in [0.3, 0.4) is 0 Å². The molecule has 0 amide bonds. The monoisotopic (exact) mass is 337 g/mol. The van der Waals surface area contributed by atoms with E-state index in [1.54, 1.807) is 14.2 Å². The molecular weight excluding hydrogens is 314 g/mol. The first-order chi connectivity index (χ1) is 12.1. The number of benzene rings is 2. The van der Waals surface area contributed by atoms with Crippen LogP contribution in [0.2, 0.25) is 0 Å². The highest BCUT2D eigenvalue weighted by Crippen LogP contribution is 2.31. The van der Waals surface area contributed by atoms with Crippen molar-refractivity contribution in [3.05, 3.63) is 53.9 Å². The zero-order valence-electron chi connectivity index (χ0n) is 15.0. The molecule has 25 heavy (non-hydrogen) atoms. The molecule has 1 heterocycles. The predicted octanol–water partition coefficient (Wildman–Crippen LogP) is 4.38. The summed E-state index contributed by atoms with van der Waals surface area (Å²) in [6, 6.07) is 13.9. The van der Waals surface area contributed by atoms with Crippen molar-refractivity contribution in [2.75, 3.05) is 19.5 Å². The SMILES string of the molecule is COc1cccc(CNc2nc(C(C)C)nc3ccccc23)c1OC. The molecule has 1 aromatic heterocycles. The van der Waals surface area contributed by atoms with E-state index < -0.39 is 0 Å². The number of hydrogen-bond donors (Lipinski definition) is 1. The van der Waals surface area contributed by atoms with Crippen molar-refractivity contribution >= 4 is 16.7 Å². The van der Waals surface area contributed by atoms with Crippen LogP contribution in [0.1, 0.15) is 31.2 Å². The number of para-hydroxylation sites is 2. The van der Waals surface area contributed by atoms with Gasteiger partial charge in [0.1, 0.15) is 11.6 Å². The van der Waals surface area contributed by atoms with Crippen molar-refractivity contribution in [1.82, 2.24) is 9.97 Å². The number of nitrogens with zero attached hydrogens (tertiary/aromatic N) is 2. The van der Waals surface area contributed by atoms with Crippen LogP contribution in [0.4, 0.5) is 5.82 Å². The quantitative estimate of drug-likeness (QED) is 0.723. The van der Waals surface area contributed by atoms with Gasteiger partial charge in [-0.25, -0.2) is 9.97 Å². The summed E-state index contributed by atoms with van der Waals surface area (Å²) >= 11 is 0. The van der Waals surface area contributed by atoms with Crippen LogP contribution < -0.4 is 14.8 Å². The minimum atomic E-state index is 0.261. The Morgan fingerprint density at radius 3 is 2.48 bits per heavy atom. The number of hydrogen-bond acceptors (Lipinski definition) is 5. The molecule has 5 nitrogen and oxygen atoms in total. The summed E-state index contributed by atoms with van der Waals surface area (Å²) < 4.78 is 10.9. The van der Waals surface area contributed by atoms with Gasteiger partial charge in [0.15, 0.2) is 11.5 Å². The number of methoxy groups -OCH3 is 2. The molecule has 2 aromatic carbocycles. The van der Waals surface area contributed by atoms with Gasteiger partial charge >= 0.3 is 0 Å². The van der Waals surface area contributed by atoms with Crippen LogP contribution in [-0.2, 0) is 6.54 Å². The van der Waals surface area contributed by atoms with Gasteiger partial charge in [0, 0.05) is 23.4 Å². The fourth-order valence-electron chi connectivity index (χ4n) is 2.76. The molecule has 0 unspecified atom stereocenters. The third-order valence-corrected chi connectivity index (χ3v) is 4.07. The maximum atomic E-state index is 5.51. The molecule has 0 aliphatic heterocycles. The van der Waals surface area contributed by atoms with Crippen LogP contribution in [0.5, 0.6) is 11.5 Å². The van der Waals surface area contributed by atoms with Gasteiger partial charge in [0.05, 0.1) is 19.7 Å².